The molecular weight excluding hydrogens is 396 g/mol. The number of nitrogens with zero attached hydrogens (tertiary/aromatic N) is 1. The molecule has 0 radical (unpaired) electrons. The van der Waals surface area contributed by atoms with E-state index in [1.165, 1.54) is 0 Å². The summed E-state index contributed by atoms with van der Waals surface area (Å²) < 4.78 is 35.4. The molecule has 0 amide bonds. The SMILES string of the molecule is Cc1cc(OCCCCCNCCSS(=O)(=O)O)nc2ccc(Cl)cc12. The molecule has 2 rings (SSSR count). The first-order valence-corrected chi connectivity index (χ1v) is 11.7. The summed E-state index contributed by atoms with van der Waals surface area (Å²) in [5.41, 5.74) is 1.95. The van der Waals surface area contributed by atoms with Crippen LogP contribution in [-0.4, -0.2) is 43.4 Å². The van der Waals surface area contributed by atoms with Gasteiger partial charge in [-0.1, -0.05) is 11.6 Å². The highest BCUT2D eigenvalue weighted by molar-refractivity contribution is 8.69. The van der Waals surface area contributed by atoms with Crippen LogP contribution in [0.25, 0.3) is 10.9 Å². The summed E-state index contributed by atoms with van der Waals surface area (Å²) in [6.07, 6.45) is 2.89. The van der Waals surface area contributed by atoms with Gasteiger partial charge in [0, 0.05) is 28.8 Å². The minimum atomic E-state index is -3.93. The van der Waals surface area contributed by atoms with Gasteiger partial charge in [-0.05, 0) is 67.3 Å². The number of hydrogen-bond acceptors (Lipinski definition) is 6. The van der Waals surface area contributed by atoms with Crippen LogP contribution in [0.1, 0.15) is 24.8 Å². The normalized spacial score (nSPS) is 11.8. The number of pyridine rings is 1. The Morgan fingerprint density at radius 1 is 1.23 bits per heavy atom. The number of fused-ring (bicyclic) bond motifs is 1. The summed E-state index contributed by atoms with van der Waals surface area (Å²) in [6, 6.07) is 7.54. The van der Waals surface area contributed by atoms with Crippen molar-refractivity contribution in [2.75, 3.05) is 25.4 Å². The zero-order chi connectivity index (χ0) is 19.0. The van der Waals surface area contributed by atoms with Crippen LogP contribution in [0.4, 0.5) is 0 Å². The average molecular weight is 419 g/mol. The van der Waals surface area contributed by atoms with E-state index in [1.54, 1.807) is 0 Å². The van der Waals surface area contributed by atoms with Crippen LogP contribution in [-0.2, 0) is 9.15 Å². The van der Waals surface area contributed by atoms with Crippen molar-refractivity contribution in [1.82, 2.24) is 10.3 Å². The van der Waals surface area contributed by atoms with E-state index < -0.39 is 9.15 Å². The molecule has 26 heavy (non-hydrogen) atoms. The summed E-state index contributed by atoms with van der Waals surface area (Å²) in [5.74, 6) is 0.956. The highest BCUT2D eigenvalue weighted by Crippen LogP contribution is 2.24. The summed E-state index contributed by atoms with van der Waals surface area (Å²) in [6.45, 7) is 3.97. The Hall–Kier alpha value is -1.06. The van der Waals surface area contributed by atoms with Crippen molar-refractivity contribution < 1.29 is 17.7 Å². The lowest BCUT2D eigenvalue weighted by atomic mass is 10.1. The molecular formula is C17H23ClN2O4S2. The number of unbranched alkanes of at least 4 members (excludes halogenated alkanes) is 2. The maximum absolute atomic E-state index is 10.5. The second-order valence-corrected chi connectivity index (χ2v) is 9.75. The third kappa shape index (κ3) is 7.67. The van der Waals surface area contributed by atoms with Crippen molar-refractivity contribution in [3.8, 4) is 5.88 Å². The number of ether oxygens (including phenoxy) is 1. The van der Waals surface area contributed by atoms with Crippen molar-refractivity contribution in [2.45, 2.75) is 26.2 Å². The van der Waals surface area contributed by atoms with Gasteiger partial charge < -0.3 is 10.1 Å². The Kier molecular flexibility index (Phi) is 8.43. The molecule has 0 saturated carbocycles. The molecule has 0 aliphatic carbocycles. The lowest BCUT2D eigenvalue weighted by Crippen LogP contribution is -2.19. The number of nitrogens with one attached hydrogen (secondary N) is 1. The molecule has 0 aliphatic heterocycles. The zero-order valence-corrected chi connectivity index (χ0v) is 17.0. The van der Waals surface area contributed by atoms with Crippen molar-refractivity contribution in [3.05, 3.63) is 34.9 Å². The molecule has 9 heteroatoms. The molecule has 6 nitrogen and oxygen atoms in total. The second kappa shape index (κ2) is 10.3. The zero-order valence-electron chi connectivity index (χ0n) is 14.6. The predicted molar refractivity (Wildman–Crippen MR) is 108 cm³/mol. The Labute approximate surface area is 162 Å². The highest BCUT2D eigenvalue weighted by Gasteiger charge is 2.05. The van der Waals surface area contributed by atoms with E-state index in [4.69, 9.17) is 20.9 Å². The van der Waals surface area contributed by atoms with Gasteiger partial charge in [-0.3, -0.25) is 4.55 Å². The van der Waals surface area contributed by atoms with Crippen LogP contribution < -0.4 is 10.1 Å². The van der Waals surface area contributed by atoms with Crippen LogP contribution >= 0.6 is 22.4 Å². The average Bonchev–Trinajstić information content (AvgIpc) is 2.56. The molecule has 0 unspecified atom stereocenters. The van der Waals surface area contributed by atoms with Gasteiger partial charge in [-0.25, -0.2) is 4.98 Å². The lowest BCUT2D eigenvalue weighted by molar-refractivity contribution is 0.294. The number of aryl methyl sites for hydroxylation is 1. The summed E-state index contributed by atoms with van der Waals surface area (Å²) >= 11 is 6.02. The van der Waals surface area contributed by atoms with Crippen molar-refractivity contribution >= 4 is 42.4 Å². The molecule has 2 N–H and O–H groups in total. The van der Waals surface area contributed by atoms with Crippen LogP contribution in [0.2, 0.25) is 5.02 Å². The molecule has 0 saturated heterocycles. The third-order valence-corrected chi connectivity index (χ3v) is 6.01. The molecule has 0 aliphatic rings. The number of aromatic nitrogens is 1. The molecule has 144 valence electrons. The van der Waals surface area contributed by atoms with Crippen molar-refractivity contribution in [2.24, 2.45) is 0 Å². The number of hydrogen-bond donors (Lipinski definition) is 2. The molecule has 2 aromatic rings. The first-order valence-electron chi connectivity index (χ1n) is 8.37. The van der Waals surface area contributed by atoms with Gasteiger partial charge in [0.2, 0.25) is 5.88 Å². The number of halogens is 1. The van der Waals surface area contributed by atoms with Crippen LogP contribution in [0, 0.1) is 6.92 Å². The Bertz CT molecular complexity index is 831. The Balaban J connectivity index is 1.62. The maximum Gasteiger partial charge on any atom is 0.319 e. The summed E-state index contributed by atoms with van der Waals surface area (Å²) in [4.78, 5) is 4.50. The van der Waals surface area contributed by atoms with Crippen LogP contribution in [0.3, 0.4) is 0 Å². The molecule has 1 heterocycles. The number of benzene rings is 1. The molecule has 0 spiro atoms. The topological polar surface area (TPSA) is 88.5 Å². The van der Waals surface area contributed by atoms with Gasteiger partial charge in [0.05, 0.1) is 12.1 Å². The monoisotopic (exact) mass is 418 g/mol. The van der Waals surface area contributed by atoms with Crippen LogP contribution in [0.15, 0.2) is 24.3 Å². The third-order valence-electron chi connectivity index (χ3n) is 3.71. The fraction of sp³-hybridized carbons (Fsp3) is 0.471. The lowest BCUT2D eigenvalue weighted by Gasteiger charge is -2.09. The first-order chi connectivity index (χ1) is 12.3. The first kappa shape index (κ1) is 21.2. The summed E-state index contributed by atoms with van der Waals surface area (Å²) in [5, 5.41) is 4.86. The molecule has 0 atom stereocenters. The fourth-order valence-electron chi connectivity index (χ4n) is 2.46. The smallest absolute Gasteiger partial charge is 0.319 e. The summed E-state index contributed by atoms with van der Waals surface area (Å²) in [7, 11) is -3.39. The van der Waals surface area contributed by atoms with E-state index in [9.17, 15) is 8.42 Å². The Morgan fingerprint density at radius 2 is 2.04 bits per heavy atom. The minimum absolute atomic E-state index is 0.333. The second-order valence-electron chi connectivity index (χ2n) is 5.85. The largest absolute Gasteiger partial charge is 0.478 e. The van der Waals surface area contributed by atoms with Gasteiger partial charge in [0.15, 0.2) is 0 Å². The quantitative estimate of drug-likeness (QED) is 0.325. The fourth-order valence-corrected chi connectivity index (χ4v) is 3.95. The van der Waals surface area contributed by atoms with E-state index in [0.29, 0.717) is 40.6 Å². The van der Waals surface area contributed by atoms with E-state index in [2.05, 4.69) is 10.3 Å². The van der Waals surface area contributed by atoms with E-state index >= 15 is 0 Å². The van der Waals surface area contributed by atoms with Gasteiger partial charge in [0.25, 0.3) is 0 Å². The highest BCUT2D eigenvalue weighted by atomic mass is 35.5. The maximum atomic E-state index is 10.5. The molecule has 1 aromatic carbocycles. The molecule has 0 bridgehead atoms. The van der Waals surface area contributed by atoms with Crippen LogP contribution in [0.5, 0.6) is 5.88 Å². The van der Waals surface area contributed by atoms with Gasteiger partial charge in [-0.2, -0.15) is 8.42 Å². The predicted octanol–water partition coefficient (Wildman–Crippen LogP) is 3.87. The Morgan fingerprint density at radius 3 is 2.81 bits per heavy atom. The van der Waals surface area contributed by atoms with Gasteiger partial charge in [0.1, 0.15) is 0 Å². The van der Waals surface area contributed by atoms with Gasteiger partial charge in [-0.15, -0.1) is 0 Å². The van der Waals surface area contributed by atoms with Crippen molar-refractivity contribution in [3.63, 3.8) is 0 Å². The standard InChI is InChI=1S/C17H23ClN2O4S2/c1-13-11-17(20-16-6-5-14(18)12-15(13)16)24-9-4-2-3-7-19-8-10-25-26(21,22)23/h5-6,11-12,19H,2-4,7-10H2,1H3,(H,21,22,23). The van der Waals surface area contributed by atoms with E-state index in [1.807, 2.05) is 31.2 Å². The van der Waals surface area contributed by atoms with Crippen molar-refractivity contribution in [1.29, 1.82) is 0 Å². The molecule has 1 aromatic heterocycles. The van der Waals surface area contributed by atoms with E-state index in [-0.39, 0.29) is 0 Å². The molecule has 0 fully saturated rings. The minimum Gasteiger partial charge on any atom is -0.478 e. The number of rotatable bonds is 11. The van der Waals surface area contributed by atoms with Gasteiger partial charge >= 0.3 is 9.15 Å². The van der Waals surface area contributed by atoms with E-state index in [0.717, 1.165) is 42.3 Å².